The van der Waals surface area contributed by atoms with Gasteiger partial charge in [-0.3, -0.25) is 9.78 Å². The van der Waals surface area contributed by atoms with Gasteiger partial charge in [0.2, 0.25) is 0 Å². The van der Waals surface area contributed by atoms with Crippen LogP contribution in [-0.4, -0.2) is 15.9 Å². The van der Waals surface area contributed by atoms with Crippen molar-refractivity contribution >= 4 is 28.6 Å². The van der Waals surface area contributed by atoms with Crippen LogP contribution in [0.25, 0.3) is 22.3 Å². The van der Waals surface area contributed by atoms with Crippen LogP contribution < -0.4 is 4.74 Å². The summed E-state index contributed by atoms with van der Waals surface area (Å²) in [7, 11) is 0. The number of hydrogen-bond acceptors (Lipinski definition) is 4. The Balaban J connectivity index is 1.90. The highest BCUT2D eigenvalue weighted by Gasteiger charge is 2.05. The summed E-state index contributed by atoms with van der Waals surface area (Å²) in [6.45, 7) is 1.76. The van der Waals surface area contributed by atoms with Crippen molar-refractivity contribution in [3.8, 4) is 17.0 Å². The van der Waals surface area contributed by atoms with Gasteiger partial charge in [-0.1, -0.05) is 18.5 Å². The van der Waals surface area contributed by atoms with Crippen molar-refractivity contribution < 1.29 is 9.53 Å². The molecule has 5 heteroatoms. The summed E-state index contributed by atoms with van der Waals surface area (Å²) in [6.07, 6.45) is 2.05. The molecule has 0 aliphatic carbocycles. The van der Waals surface area contributed by atoms with E-state index in [4.69, 9.17) is 16.3 Å². The summed E-state index contributed by atoms with van der Waals surface area (Å²) in [5.74, 6) is 0.270. The Labute approximate surface area is 132 Å². The van der Waals surface area contributed by atoms with E-state index >= 15 is 0 Å². The summed E-state index contributed by atoms with van der Waals surface area (Å²) in [5, 5.41) is 0.636. The first-order valence-electron chi connectivity index (χ1n) is 6.89. The third-order valence-electron chi connectivity index (χ3n) is 3.17. The molecule has 1 aromatic heterocycles. The fourth-order valence-electron chi connectivity index (χ4n) is 2.02. The second-order valence-electron chi connectivity index (χ2n) is 4.74. The number of benzene rings is 2. The molecule has 0 saturated heterocycles. The van der Waals surface area contributed by atoms with E-state index in [-0.39, 0.29) is 5.97 Å². The number of rotatable bonds is 3. The lowest BCUT2D eigenvalue weighted by Gasteiger charge is -2.05. The van der Waals surface area contributed by atoms with E-state index in [0.717, 1.165) is 22.3 Å². The summed E-state index contributed by atoms with van der Waals surface area (Å²) in [5.41, 5.74) is 3.19. The molecule has 22 heavy (non-hydrogen) atoms. The zero-order valence-corrected chi connectivity index (χ0v) is 12.7. The molecular formula is C17H13ClN2O2. The molecule has 3 rings (SSSR count). The number of carbonyl (C=O) groups is 1. The van der Waals surface area contributed by atoms with Crippen LogP contribution >= 0.6 is 11.6 Å². The van der Waals surface area contributed by atoms with Crippen molar-refractivity contribution in [3.05, 3.63) is 53.7 Å². The van der Waals surface area contributed by atoms with Gasteiger partial charge in [0.25, 0.3) is 0 Å². The molecule has 0 fully saturated rings. The monoisotopic (exact) mass is 312 g/mol. The maximum Gasteiger partial charge on any atom is 0.310 e. The van der Waals surface area contributed by atoms with Crippen LogP contribution in [0, 0.1) is 0 Å². The first-order valence-corrected chi connectivity index (χ1v) is 7.27. The lowest BCUT2D eigenvalue weighted by molar-refractivity contribution is -0.134. The molecule has 0 aliphatic heterocycles. The van der Waals surface area contributed by atoms with Crippen LogP contribution in [0.15, 0.2) is 48.7 Å². The maximum atomic E-state index is 11.3. The summed E-state index contributed by atoms with van der Waals surface area (Å²) >= 11 is 5.94. The van der Waals surface area contributed by atoms with Gasteiger partial charge < -0.3 is 4.74 Å². The van der Waals surface area contributed by atoms with Gasteiger partial charge in [-0.25, -0.2) is 4.98 Å². The molecule has 0 radical (unpaired) electrons. The van der Waals surface area contributed by atoms with Gasteiger partial charge in [0.05, 0.1) is 22.9 Å². The molecule has 0 saturated carbocycles. The zero-order chi connectivity index (χ0) is 15.5. The number of fused-ring (bicyclic) bond motifs is 1. The van der Waals surface area contributed by atoms with E-state index < -0.39 is 0 Å². The molecule has 0 amide bonds. The normalized spacial score (nSPS) is 10.6. The Morgan fingerprint density at radius 1 is 1.14 bits per heavy atom. The largest absolute Gasteiger partial charge is 0.427 e. The number of hydrogen-bond donors (Lipinski definition) is 0. The van der Waals surface area contributed by atoms with E-state index in [0.29, 0.717) is 17.2 Å². The standard InChI is InChI=1S/C17H13ClN2O2/c1-2-17(21)22-13-6-3-11(4-7-13)16-10-19-15-9-12(18)5-8-14(15)20-16/h3-10H,2H2,1H3. The lowest BCUT2D eigenvalue weighted by Crippen LogP contribution is -2.05. The Hall–Kier alpha value is -2.46. The maximum absolute atomic E-state index is 11.3. The predicted molar refractivity (Wildman–Crippen MR) is 85.9 cm³/mol. The van der Waals surface area contributed by atoms with Crippen LogP contribution in [0.5, 0.6) is 5.75 Å². The fraction of sp³-hybridized carbons (Fsp3) is 0.118. The van der Waals surface area contributed by atoms with Gasteiger partial charge in [-0.05, 0) is 42.5 Å². The first kappa shape index (κ1) is 14.5. The highest BCUT2D eigenvalue weighted by Crippen LogP contribution is 2.23. The van der Waals surface area contributed by atoms with Gasteiger partial charge in [0, 0.05) is 17.0 Å². The van der Waals surface area contributed by atoms with Crippen molar-refractivity contribution in [2.75, 3.05) is 0 Å². The van der Waals surface area contributed by atoms with Crippen LogP contribution in [-0.2, 0) is 4.79 Å². The number of ether oxygens (including phenoxy) is 1. The second-order valence-corrected chi connectivity index (χ2v) is 5.18. The minimum absolute atomic E-state index is 0.255. The van der Waals surface area contributed by atoms with E-state index in [1.165, 1.54) is 0 Å². The quantitative estimate of drug-likeness (QED) is 0.535. The number of nitrogens with zero attached hydrogens (tertiary/aromatic N) is 2. The van der Waals surface area contributed by atoms with Crippen molar-refractivity contribution in [1.29, 1.82) is 0 Å². The van der Waals surface area contributed by atoms with Crippen LogP contribution in [0.3, 0.4) is 0 Å². The Kier molecular flexibility index (Phi) is 4.02. The van der Waals surface area contributed by atoms with E-state index in [9.17, 15) is 4.79 Å². The number of aromatic nitrogens is 2. The highest BCUT2D eigenvalue weighted by atomic mass is 35.5. The summed E-state index contributed by atoms with van der Waals surface area (Å²) in [4.78, 5) is 20.2. The molecule has 1 heterocycles. The van der Waals surface area contributed by atoms with E-state index in [1.54, 1.807) is 37.4 Å². The number of carbonyl (C=O) groups excluding carboxylic acids is 1. The SMILES string of the molecule is CCC(=O)Oc1ccc(-c2cnc3cc(Cl)ccc3n2)cc1. The molecule has 0 atom stereocenters. The summed E-state index contributed by atoms with van der Waals surface area (Å²) < 4.78 is 5.15. The topological polar surface area (TPSA) is 52.1 Å². The van der Waals surface area contributed by atoms with Gasteiger partial charge >= 0.3 is 5.97 Å². The Morgan fingerprint density at radius 2 is 1.91 bits per heavy atom. The molecule has 0 spiro atoms. The van der Waals surface area contributed by atoms with Gasteiger partial charge in [-0.2, -0.15) is 0 Å². The molecule has 0 unspecified atom stereocenters. The smallest absolute Gasteiger partial charge is 0.310 e. The minimum atomic E-state index is -0.255. The zero-order valence-electron chi connectivity index (χ0n) is 11.9. The molecule has 4 nitrogen and oxygen atoms in total. The Morgan fingerprint density at radius 3 is 2.64 bits per heavy atom. The van der Waals surface area contributed by atoms with Crippen LogP contribution in [0.2, 0.25) is 5.02 Å². The average molecular weight is 313 g/mol. The predicted octanol–water partition coefficient (Wildman–Crippen LogP) is 4.27. The number of esters is 1. The molecular weight excluding hydrogens is 300 g/mol. The van der Waals surface area contributed by atoms with Gasteiger partial charge in [-0.15, -0.1) is 0 Å². The first-order chi connectivity index (χ1) is 10.7. The molecule has 3 aromatic rings. The lowest BCUT2D eigenvalue weighted by atomic mass is 10.1. The molecule has 0 bridgehead atoms. The van der Waals surface area contributed by atoms with Gasteiger partial charge in [0.1, 0.15) is 5.75 Å². The van der Waals surface area contributed by atoms with Crippen LogP contribution in [0.1, 0.15) is 13.3 Å². The molecule has 2 aromatic carbocycles. The molecule has 0 N–H and O–H groups in total. The van der Waals surface area contributed by atoms with Gasteiger partial charge in [0.15, 0.2) is 0 Å². The third kappa shape index (κ3) is 3.07. The fourth-order valence-corrected chi connectivity index (χ4v) is 2.19. The van der Waals surface area contributed by atoms with Crippen LogP contribution in [0.4, 0.5) is 0 Å². The third-order valence-corrected chi connectivity index (χ3v) is 3.41. The molecule has 0 aliphatic rings. The number of halogens is 1. The van der Waals surface area contributed by atoms with E-state index in [2.05, 4.69) is 9.97 Å². The minimum Gasteiger partial charge on any atom is -0.427 e. The highest BCUT2D eigenvalue weighted by molar-refractivity contribution is 6.31. The van der Waals surface area contributed by atoms with Crippen molar-refractivity contribution in [1.82, 2.24) is 9.97 Å². The second kappa shape index (κ2) is 6.12. The summed E-state index contributed by atoms with van der Waals surface area (Å²) in [6, 6.07) is 12.6. The van der Waals surface area contributed by atoms with E-state index in [1.807, 2.05) is 18.2 Å². The van der Waals surface area contributed by atoms with Crippen molar-refractivity contribution in [2.24, 2.45) is 0 Å². The Bertz CT molecular complexity index is 832. The molecule has 110 valence electrons. The van der Waals surface area contributed by atoms with Crippen molar-refractivity contribution in [3.63, 3.8) is 0 Å². The average Bonchev–Trinajstić information content (AvgIpc) is 2.55. The van der Waals surface area contributed by atoms with Crippen molar-refractivity contribution in [2.45, 2.75) is 13.3 Å².